The molecule has 138 valence electrons. The molecule has 0 aliphatic heterocycles. The molecular weight excluding hydrogens is 356 g/mol. The zero-order valence-electron chi connectivity index (χ0n) is 14.4. The monoisotopic (exact) mass is 375 g/mol. The van der Waals surface area contributed by atoms with Crippen molar-refractivity contribution < 1.29 is 27.8 Å². The number of carbonyl (C=O) groups is 2. The number of amides is 1. The molecule has 0 aliphatic rings. The number of methoxy groups -OCH3 is 1. The molecule has 0 fully saturated rings. The normalized spacial score (nSPS) is 12.8. The Morgan fingerprint density at radius 2 is 1.88 bits per heavy atom. The number of esters is 1. The minimum Gasteiger partial charge on any atom is -0.480 e. The summed E-state index contributed by atoms with van der Waals surface area (Å²) in [5.41, 5.74) is -0.863. The average Bonchev–Trinajstić information content (AvgIpc) is 2.54. The van der Waals surface area contributed by atoms with E-state index < -0.39 is 40.2 Å². The molecule has 1 amide bonds. The Morgan fingerprint density at radius 3 is 2.36 bits per heavy atom. The summed E-state index contributed by atoms with van der Waals surface area (Å²) in [4.78, 5) is 23.5. The molecule has 0 saturated carbocycles. The van der Waals surface area contributed by atoms with Crippen LogP contribution in [0.3, 0.4) is 0 Å². The number of benzene rings is 1. The Hall–Kier alpha value is -2.15. The van der Waals surface area contributed by atoms with Gasteiger partial charge in [-0.05, 0) is 20.3 Å². The number of hydrogen-bond acceptors (Lipinski definition) is 4. The summed E-state index contributed by atoms with van der Waals surface area (Å²) in [6.07, 6.45) is 1.93. The first-order valence-electron chi connectivity index (χ1n) is 7.50. The van der Waals surface area contributed by atoms with Gasteiger partial charge in [0.1, 0.15) is 22.4 Å². The molecule has 0 spiro atoms. The second-order valence-electron chi connectivity index (χ2n) is 5.78. The van der Waals surface area contributed by atoms with Crippen molar-refractivity contribution in [1.29, 1.82) is 0 Å². The van der Waals surface area contributed by atoms with E-state index in [-0.39, 0.29) is 12.2 Å². The van der Waals surface area contributed by atoms with Crippen LogP contribution in [0.15, 0.2) is 24.3 Å². The Kier molecular flexibility index (Phi) is 7.36. The fraction of sp³-hybridized carbons (Fsp3) is 0.412. The van der Waals surface area contributed by atoms with E-state index in [1.54, 1.807) is 20.8 Å². The smallest absolute Gasteiger partial charge is 0.330 e. The highest BCUT2D eigenvalue weighted by atomic mass is 35.5. The lowest BCUT2D eigenvalue weighted by atomic mass is 10.0. The van der Waals surface area contributed by atoms with Crippen molar-refractivity contribution >= 4 is 23.5 Å². The molecule has 25 heavy (non-hydrogen) atoms. The number of nitrogens with one attached hydrogen (secondary N) is 1. The van der Waals surface area contributed by atoms with Crippen molar-refractivity contribution in [3.05, 3.63) is 40.9 Å². The largest absolute Gasteiger partial charge is 0.480 e. The predicted octanol–water partition coefficient (Wildman–Crippen LogP) is 3.40. The van der Waals surface area contributed by atoms with E-state index >= 15 is 0 Å². The van der Waals surface area contributed by atoms with Gasteiger partial charge in [0.05, 0.1) is 12.6 Å². The SMILES string of the molecule is CCC(Oc1cc(F)c(Cl)c(F)c1)C(=O)NC(C)(C)/C=C/C(=O)OC. The number of halogens is 3. The highest BCUT2D eigenvalue weighted by molar-refractivity contribution is 6.30. The highest BCUT2D eigenvalue weighted by Crippen LogP contribution is 2.25. The molecule has 1 rings (SSSR count). The Balaban J connectivity index is 2.84. The van der Waals surface area contributed by atoms with Gasteiger partial charge in [0, 0.05) is 18.2 Å². The van der Waals surface area contributed by atoms with Crippen LogP contribution in [0.2, 0.25) is 5.02 Å². The zero-order chi connectivity index (χ0) is 19.2. The van der Waals surface area contributed by atoms with Crippen molar-refractivity contribution in [3.8, 4) is 5.75 Å². The van der Waals surface area contributed by atoms with Crippen LogP contribution >= 0.6 is 11.6 Å². The quantitative estimate of drug-likeness (QED) is 0.450. The fourth-order valence-corrected chi connectivity index (χ4v) is 1.98. The van der Waals surface area contributed by atoms with Gasteiger partial charge in [-0.3, -0.25) is 4.79 Å². The highest BCUT2D eigenvalue weighted by Gasteiger charge is 2.25. The second-order valence-corrected chi connectivity index (χ2v) is 6.16. The van der Waals surface area contributed by atoms with Gasteiger partial charge in [0.25, 0.3) is 5.91 Å². The molecule has 1 N–H and O–H groups in total. The number of rotatable bonds is 7. The first-order valence-corrected chi connectivity index (χ1v) is 7.87. The maximum atomic E-state index is 13.5. The third-order valence-corrected chi connectivity index (χ3v) is 3.54. The standard InChI is InChI=1S/C17H20ClF2NO4/c1-5-13(25-10-8-11(19)15(18)12(20)9-10)16(23)21-17(2,3)7-6-14(22)24-4/h6-9,13H,5H2,1-4H3,(H,21,23)/b7-6+. The minimum atomic E-state index is -0.981. The third kappa shape index (κ3) is 6.34. The fourth-order valence-electron chi connectivity index (χ4n) is 1.87. The molecule has 0 radical (unpaired) electrons. The summed E-state index contributed by atoms with van der Waals surface area (Å²) >= 11 is 5.41. The summed E-state index contributed by atoms with van der Waals surface area (Å²) in [6, 6.07) is 1.81. The maximum Gasteiger partial charge on any atom is 0.330 e. The van der Waals surface area contributed by atoms with Crippen LogP contribution in [0.1, 0.15) is 27.2 Å². The minimum absolute atomic E-state index is 0.149. The molecule has 1 unspecified atom stereocenters. The first-order chi connectivity index (χ1) is 11.6. The molecule has 0 bridgehead atoms. The van der Waals surface area contributed by atoms with Crippen LogP contribution in [0.25, 0.3) is 0 Å². The van der Waals surface area contributed by atoms with Crippen molar-refractivity contribution in [2.24, 2.45) is 0 Å². The number of carbonyl (C=O) groups excluding carboxylic acids is 2. The lowest BCUT2D eigenvalue weighted by Gasteiger charge is -2.26. The van der Waals surface area contributed by atoms with E-state index in [1.807, 2.05) is 0 Å². The first kappa shape index (κ1) is 20.9. The predicted molar refractivity (Wildman–Crippen MR) is 89.5 cm³/mol. The number of hydrogen-bond donors (Lipinski definition) is 1. The topological polar surface area (TPSA) is 64.6 Å². The third-order valence-electron chi connectivity index (χ3n) is 3.18. The van der Waals surface area contributed by atoms with E-state index in [0.29, 0.717) is 0 Å². The van der Waals surface area contributed by atoms with Crippen LogP contribution in [-0.2, 0) is 14.3 Å². The van der Waals surface area contributed by atoms with Crippen LogP contribution in [0.4, 0.5) is 8.78 Å². The summed E-state index contributed by atoms with van der Waals surface area (Å²) in [5, 5.41) is 2.04. The van der Waals surface area contributed by atoms with E-state index in [4.69, 9.17) is 16.3 Å². The van der Waals surface area contributed by atoms with Crippen molar-refractivity contribution in [3.63, 3.8) is 0 Å². The summed E-state index contributed by atoms with van der Waals surface area (Å²) in [7, 11) is 1.24. The molecule has 5 nitrogen and oxygen atoms in total. The Morgan fingerprint density at radius 1 is 1.32 bits per heavy atom. The lowest BCUT2D eigenvalue weighted by molar-refractivity contribution is -0.135. The molecule has 0 heterocycles. The molecule has 0 aliphatic carbocycles. The van der Waals surface area contributed by atoms with Gasteiger partial charge in [-0.2, -0.15) is 0 Å². The maximum absolute atomic E-state index is 13.5. The Labute approximate surface area is 149 Å². The van der Waals surface area contributed by atoms with Crippen molar-refractivity contribution in [1.82, 2.24) is 5.32 Å². The van der Waals surface area contributed by atoms with Gasteiger partial charge >= 0.3 is 5.97 Å². The van der Waals surface area contributed by atoms with Gasteiger partial charge in [-0.1, -0.05) is 24.6 Å². The van der Waals surface area contributed by atoms with E-state index in [0.717, 1.165) is 12.1 Å². The summed E-state index contributed by atoms with van der Waals surface area (Å²) in [6.45, 7) is 5.02. The van der Waals surface area contributed by atoms with E-state index in [9.17, 15) is 18.4 Å². The number of ether oxygens (including phenoxy) is 2. The van der Waals surface area contributed by atoms with Gasteiger partial charge in [0.15, 0.2) is 6.10 Å². The van der Waals surface area contributed by atoms with Crippen molar-refractivity contribution in [2.75, 3.05) is 7.11 Å². The van der Waals surface area contributed by atoms with Crippen LogP contribution in [-0.4, -0.2) is 30.6 Å². The molecule has 1 aromatic rings. The average molecular weight is 376 g/mol. The van der Waals surface area contributed by atoms with E-state index in [1.165, 1.54) is 19.3 Å². The van der Waals surface area contributed by atoms with Gasteiger partial charge in [-0.15, -0.1) is 0 Å². The zero-order valence-corrected chi connectivity index (χ0v) is 15.1. The van der Waals surface area contributed by atoms with Gasteiger partial charge in [-0.25, -0.2) is 13.6 Å². The molecule has 0 aromatic heterocycles. The van der Waals surface area contributed by atoms with Gasteiger partial charge < -0.3 is 14.8 Å². The summed E-state index contributed by atoms with van der Waals surface area (Å²) < 4.78 is 36.8. The Bertz CT molecular complexity index is 654. The van der Waals surface area contributed by atoms with Crippen LogP contribution in [0, 0.1) is 11.6 Å². The van der Waals surface area contributed by atoms with Crippen LogP contribution in [0.5, 0.6) is 5.75 Å². The van der Waals surface area contributed by atoms with Crippen molar-refractivity contribution in [2.45, 2.75) is 38.8 Å². The molecule has 0 saturated heterocycles. The van der Waals surface area contributed by atoms with Gasteiger partial charge in [0.2, 0.25) is 0 Å². The molecular formula is C17H20ClF2NO4. The molecule has 8 heteroatoms. The lowest BCUT2D eigenvalue weighted by Crippen LogP contribution is -2.48. The van der Waals surface area contributed by atoms with E-state index in [2.05, 4.69) is 10.1 Å². The van der Waals surface area contributed by atoms with Crippen LogP contribution < -0.4 is 10.1 Å². The summed E-state index contributed by atoms with van der Waals surface area (Å²) in [5.74, 6) is -3.17. The molecule has 1 aromatic carbocycles. The second kappa shape index (κ2) is 8.80. The molecule has 1 atom stereocenters.